The number of esters is 1. The van der Waals surface area contributed by atoms with Crippen LogP contribution in [0.3, 0.4) is 0 Å². The molecular weight excluding hydrogens is 340 g/mol. The van der Waals surface area contributed by atoms with Gasteiger partial charge in [-0.2, -0.15) is 0 Å². The molecule has 0 atom stereocenters. The molecule has 6 heteroatoms. The topological polar surface area (TPSA) is 68.5 Å². The predicted octanol–water partition coefficient (Wildman–Crippen LogP) is 4.23. The third-order valence-electron chi connectivity index (χ3n) is 4.30. The van der Waals surface area contributed by atoms with Crippen molar-refractivity contribution in [3.63, 3.8) is 0 Å². The van der Waals surface area contributed by atoms with Crippen molar-refractivity contribution in [3.05, 3.63) is 78.2 Å². The quantitative estimate of drug-likeness (QED) is 0.553. The highest BCUT2D eigenvalue weighted by Crippen LogP contribution is 2.31. The van der Waals surface area contributed by atoms with Crippen molar-refractivity contribution in [1.82, 2.24) is 14.4 Å². The van der Waals surface area contributed by atoms with Crippen LogP contribution < -0.4 is 5.32 Å². The van der Waals surface area contributed by atoms with Gasteiger partial charge in [-0.3, -0.25) is 9.38 Å². The summed E-state index contributed by atoms with van der Waals surface area (Å²) in [4.78, 5) is 20.7. The van der Waals surface area contributed by atoms with Crippen LogP contribution in [-0.2, 0) is 4.74 Å². The number of nitrogens with zero attached hydrogens (tertiary/aromatic N) is 3. The van der Waals surface area contributed by atoms with Crippen LogP contribution in [0.4, 0.5) is 11.5 Å². The Bertz CT molecular complexity index is 1120. The molecular formula is C21H18N4O2. The number of methoxy groups -OCH3 is 1. The first-order chi connectivity index (χ1) is 13.2. The van der Waals surface area contributed by atoms with Crippen molar-refractivity contribution in [2.75, 3.05) is 12.4 Å². The van der Waals surface area contributed by atoms with Gasteiger partial charge in [-0.25, -0.2) is 9.78 Å². The van der Waals surface area contributed by atoms with Gasteiger partial charge in [-0.05, 0) is 25.1 Å². The highest BCUT2D eigenvalue weighted by Gasteiger charge is 2.15. The molecule has 0 saturated carbocycles. The molecule has 0 amide bonds. The van der Waals surface area contributed by atoms with Crippen LogP contribution in [0.1, 0.15) is 15.9 Å². The fourth-order valence-electron chi connectivity index (χ4n) is 2.92. The number of benzene rings is 2. The smallest absolute Gasteiger partial charge is 0.337 e. The van der Waals surface area contributed by atoms with Gasteiger partial charge in [0.1, 0.15) is 11.5 Å². The fourth-order valence-corrected chi connectivity index (χ4v) is 2.92. The number of carbonyl (C=O) groups excluding carboxylic acids is 1. The van der Waals surface area contributed by atoms with Gasteiger partial charge in [0.05, 0.1) is 18.9 Å². The molecule has 0 bridgehead atoms. The van der Waals surface area contributed by atoms with E-state index < -0.39 is 0 Å². The molecule has 1 N–H and O–H groups in total. The summed E-state index contributed by atoms with van der Waals surface area (Å²) in [6, 6.07) is 15.4. The van der Waals surface area contributed by atoms with Gasteiger partial charge in [0.25, 0.3) is 0 Å². The summed E-state index contributed by atoms with van der Waals surface area (Å²) in [6.45, 7) is 2.05. The molecule has 0 fully saturated rings. The second-order valence-corrected chi connectivity index (χ2v) is 6.18. The van der Waals surface area contributed by atoms with E-state index >= 15 is 0 Å². The third-order valence-corrected chi connectivity index (χ3v) is 4.30. The molecule has 0 spiro atoms. The van der Waals surface area contributed by atoms with Crippen molar-refractivity contribution in [3.8, 4) is 11.3 Å². The number of aryl methyl sites for hydroxylation is 1. The zero-order valence-corrected chi connectivity index (χ0v) is 15.0. The monoisotopic (exact) mass is 358 g/mol. The third kappa shape index (κ3) is 3.25. The van der Waals surface area contributed by atoms with E-state index in [9.17, 15) is 4.79 Å². The molecule has 0 aliphatic heterocycles. The average molecular weight is 358 g/mol. The summed E-state index contributed by atoms with van der Waals surface area (Å²) >= 11 is 0. The molecule has 2 aromatic heterocycles. The number of fused-ring (bicyclic) bond motifs is 1. The van der Waals surface area contributed by atoms with Crippen molar-refractivity contribution in [2.45, 2.75) is 6.92 Å². The number of ether oxygens (including phenoxy) is 1. The minimum atomic E-state index is -0.375. The molecule has 4 aromatic rings. The van der Waals surface area contributed by atoms with Gasteiger partial charge >= 0.3 is 5.97 Å². The number of nitrogens with one attached hydrogen (secondary N) is 1. The van der Waals surface area contributed by atoms with Crippen molar-refractivity contribution < 1.29 is 9.53 Å². The standard InChI is InChI=1S/C21H18N4O2/c1-14-6-8-15(9-7-14)19-20(25-11-10-22-13-18(25)24-19)23-17-5-3-4-16(12-17)21(26)27-2/h3-13,23H,1-2H3. The Morgan fingerprint density at radius 3 is 2.74 bits per heavy atom. The maximum atomic E-state index is 11.8. The number of carbonyl (C=O) groups is 1. The zero-order valence-electron chi connectivity index (χ0n) is 15.0. The van der Waals surface area contributed by atoms with Crippen LogP contribution >= 0.6 is 0 Å². The van der Waals surface area contributed by atoms with E-state index in [1.54, 1.807) is 24.5 Å². The molecule has 6 nitrogen and oxygen atoms in total. The Hall–Kier alpha value is -3.67. The first-order valence-corrected chi connectivity index (χ1v) is 8.50. The lowest BCUT2D eigenvalue weighted by Crippen LogP contribution is -2.03. The lowest BCUT2D eigenvalue weighted by atomic mass is 10.1. The van der Waals surface area contributed by atoms with Crippen LogP contribution in [-0.4, -0.2) is 27.4 Å². The van der Waals surface area contributed by atoms with Crippen LogP contribution in [0.5, 0.6) is 0 Å². The zero-order chi connectivity index (χ0) is 18.8. The second-order valence-electron chi connectivity index (χ2n) is 6.18. The van der Waals surface area contributed by atoms with E-state index in [0.717, 1.165) is 28.4 Å². The Morgan fingerprint density at radius 2 is 1.96 bits per heavy atom. The van der Waals surface area contributed by atoms with Crippen LogP contribution in [0.25, 0.3) is 16.9 Å². The number of imidazole rings is 1. The number of rotatable bonds is 4. The average Bonchev–Trinajstić information content (AvgIpc) is 3.06. The normalized spacial score (nSPS) is 10.7. The maximum absolute atomic E-state index is 11.8. The molecule has 0 aliphatic rings. The largest absolute Gasteiger partial charge is 0.465 e. The number of anilines is 2. The minimum absolute atomic E-state index is 0.375. The Balaban J connectivity index is 1.82. The summed E-state index contributed by atoms with van der Waals surface area (Å²) in [7, 11) is 1.37. The molecule has 27 heavy (non-hydrogen) atoms. The second kappa shape index (κ2) is 6.92. The van der Waals surface area contributed by atoms with Gasteiger partial charge in [-0.15, -0.1) is 0 Å². The van der Waals surface area contributed by atoms with E-state index in [1.807, 2.05) is 34.9 Å². The molecule has 2 aromatic carbocycles. The van der Waals surface area contributed by atoms with Gasteiger partial charge < -0.3 is 10.1 Å². The number of aromatic nitrogens is 3. The van der Waals surface area contributed by atoms with Crippen LogP contribution in [0.15, 0.2) is 67.1 Å². The Kier molecular flexibility index (Phi) is 4.30. The lowest BCUT2D eigenvalue weighted by molar-refractivity contribution is 0.0601. The molecule has 4 rings (SSSR count). The van der Waals surface area contributed by atoms with Crippen molar-refractivity contribution in [1.29, 1.82) is 0 Å². The summed E-state index contributed by atoms with van der Waals surface area (Å²) < 4.78 is 6.75. The molecule has 0 saturated heterocycles. The molecule has 0 radical (unpaired) electrons. The summed E-state index contributed by atoms with van der Waals surface area (Å²) in [5.41, 5.74) is 4.98. The predicted molar refractivity (Wildman–Crippen MR) is 104 cm³/mol. The number of hydrogen-bond donors (Lipinski definition) is 1. The van der Waals surface area contributed by atoms with Gasteiger partial charge in [0.15, 0.2) is 5.65 Å². The van der Waals surface area contributed by atoms with E-state index in [1.165, 1.54) is 12.7 Å². The van der Waals surface area contributed by atoms with Gasteiger partial charge in [0, 0.05) is 23.6 Å². The van der Waals surface area contributed by atoms with Crippen LogP contribution in [0.2, 0.25) is 0 Å². The number of hydrogen-bond acceptors (Lipinski definition) is 5. The Morgan fingerprint density at radius 1 is 1.15 bits per heavy atom. The summed E-state index contributed by atoms with van der Waals surface area (Å²) in [6.07, 6.45) is 5.28. The van der Waals surface area contributed by atoms with E-state index in [4.69, 9.17) is 9.72 Å². The SMILES string of the molecule is COC(=O)c1cccc(Nc2c(-c3ccc(C)cc3)nc3cnccn23)c1. The first kappa shape index (κ1) is 16.8. The Labute approximate surface area is 156 Å². The van der Waals surface area contributed by atoms with E-state index in [-0.39, 0.29) is 5.97 Å². The molecule has 0 unspecified atom stereocenters. The summed E-state index contributed by atoms with van der Waals surface area (Å²) in [5.74, 6) is 0.429. The highest BCUT2D eigenvalue weighted by molar-refractivity contribution is 5.91. The fraction of sp³-hybridized carbons (Fsp3) is 0.0952. The van der Waals surface area contributed by atoms with E-state index in [2.05, 4.69) is 29.4 Å². The van der Waals surface area contributed by atoms with Crippen LogP contribution in [0, 0.1) is 6.92 Å². The minimum Gasteiger partial charge on any atom is -0.465 e. The van der Waals surface area contributed by atoms with Gasteiger partial charge in [0.2, 0.25) is 0 Å². The molecule has 134 valence electrons. The highest BCUT2D eigenvalue weighted by atomic mass is 16.5. The maximum Gasteiger partial charge on any atom is 0.337 e. The first-order valence-electron chi connectivity index (χ1n) is 8.50. The van der Waals surface area contributed by atoms with Crippen molar-refractivity contribution in [2.24, 2.45) is 0 Å². The molecule has 2 heterocycles. The van der Waals surface area contributed by atoms with Crippen molar-refractivity contribution >= 4 is 23.1 Å². The summed E-state index contributed by atoms with van der Waals surface area (Å²) in [5, 5.41) is 3.39. The lowest BCUT2D eigenvalue weighted by Gasteiger charge is -2.10. The van der Waals surface area contributed by atoms with E-state index in [0.29, 0.717) is 5.56 Å². The molecule has 0 aliphatic carbocycles. The van der Waals surface area contributed by atoms with Gasteiger partial charge in [-0.1, -0.05) is 35.9 Å².